The summed E-state index contributed by atoms with van der Waals surface area (Å²) in [5.41, 5.74) is 0.0609. The van der Waals surface area contributed by atoms with Crippen LogP contribution >= 0.6 is 0 Å². The summed E-state index contributed by atoms with van der Waals surface area (Å²) in [6, 6.07) is 1.61. The van der Waals surface area contributed by atoms with Gasteiger partial charge < -0.3 is 5.32 Å². The van der Waals surface area contributed by atoms with Gasteiger partial charge in [0.25, 0.3) is 0 Å². The van der Waals surface area contributed by atoms with Crippen LogP contribution in [0.4, 0.5) is 13.2 Å². The molecule has 1 aromatic carbocycles. The summed E-state index contributed by atoms with van der Waals surface area (Å²) in [7, 11) is 0. The van der Waals surface area contributed by atoms with E-state index in [1.807, 2.05) is 6.92 Å². The molecule has 0 heterocycles. The summed E-state index contributed by atoms with van der Waals surface area (Å²) < 4.78 is 38.9. The molecule has 15 heavy (non-hydrogen) atoms. The molecular formula is C11H12F3N. The van der Waals surface area contributed by atoms with Gasteiger partial charge in [0, 0.05) is 5.56 Å². The van der Waals surface area contributed by atoms with Crippen LogP contribution in [0.25, 0.3) is 0 Å². The molecule has 0 saturated carbocycles. The van der Waals surface area contributed by atoms with Crippen LogP contribution in [0.5, 0.6) is 0 Å². The maximum atomic E-state index is 13.3. The second-order valence-electron chi connectivity index (χ2n) is 3.04. The van der Waals surface area contributed by atoms with Crippen molar-refractivity contribution < 1.29 is 13.2 Å². The average Bonchev–Trinajstić information content (AvgIpc) is 2.24. The van der Waals surface area contributed by atoms with Gasteiger partial charge in [0.2, 0.25) is 0 Å². The van der Waals surface area contributed by atoms with E-state index in [0.29, 0.717) is 6.54 Å². The Morgan fingerprint density at radius 2 is 2.00 bits per heavy atom. The fourth-order valence-corrected chi connectivity index (χ4v) is 1.32. The van der Waals surface area contributed by atoms with Crippen LogP contribution in [-0.2, 0) is 0 Å². The molecule has 0 spiro atoms. The van der Waals surface area contributed by atoms with Crippen molar-refractivity contribution in [3.8, 4) is 0 Å². The predicted octanol–water partition coefficient (Wildman–Crippen LogP) is 2.94. The van der Waals surface area contributed by atoms with Gasteiger partial charge >= 0.3 is 0 Å². The van der Waals surface area contributed by atoms with Gasteiger partial charge in [-0.25, -0.2) is 13.2 Å². The van der Waals surface area contributed by atoms with Crippen molar-refractivity contribution in [2.45, 2.75) is 13.0 Å². The third-order valence-corrected chi connectivity index (χ3v) is 2.06. The molecule has 82 valence electrons. The lowest BCUT2D eigenvalue weighted by Gasteiger charge is -2.14. The SMILES string of the molecule is C=CC(NCC)c1ccc(F)c(F)c1F. The van der Waals surface area contributed by atoms with E-state index in [9.17, 15) is 13.2 Å². The monoisotopic (exact) mass is 215 g/mol. The molecule has 0 fully saturated rings. The predicted molar refractivity (Wildman–Crippen MR) is 52.9 cm³/mol. The molecule has 0 aromatic heterocycles. The van der Waals surface area contributed by atoms with Gasteiger partial charge in [0.1, 0.15) is 0 Å². The summed E-state index contributed by atoms with van der Waals surface area (Å²) in [4.78, 5) is 0. The zero-order valence-electron chi connectivity index (χ0n) is 8.36. The highest BCUT2D eigenvalue weighted by atomic mass is 19.2. The zero-order valence-corrected chi connectivity index (χ0v) is 8.36. The maximum Gasteiger partial charge on any atom is 0.194 e. The third-order valence-electron chi connectivity index (χ3n) is 2.06. The molecule has 0 aliphatic rings. The lowest BCUT2D eigenvalue weighted by molar-refractivity contribution is 0.434. The van der Waals surface area contributed by atoms with E-state index in [1.165, 1.54) is 12.1 Å². The summed E-state index contributed by atoms with van der Waals surface area (Å²) in [6.07, 6.45) is 1.44. The minimum absolute atomic E-state index is 0.0609. The van der Waals surface area contributed by atoms with Crippen LogP contribution in [0.3, 0.4) is 0 Å². The van der Waals surface area contributed by atoms with E-state index in [1.54, 1.807) is 0 Å². The van der Waals surface area contributed by atoms with Gasteiger partial charge in [-0.1, -0.05) is 19.1 Å². The number of benzene rings is 1. The number of likely N-dealkylation sites (N-methyl/N-ethyl adjacent to an activating group) is 1. The van der Waals surface area contributed by atoms with Crippen molar-refractivity contribution in [3.63, 3.8) is 0 Å². The Morgan fingerprint density at radius 3 is 2.53 bits per heavy atom. The Kier molecular flexibility index (Phi) is 3.91. The number of rotatable bonds is 4. The number of hydrogen-bond acceptors (Lipinski definition) is 1. The van der Waals surface area contributed by atoms with Crippen molar-refractivity contribution in [1.82, 2.24) is 5.32 Å². The lowest BCUT2D eigenvalue weighted by atomic mass is 10.1. The van der Waals surface area contributed by atoms with Gasteiger partial charge in [-0.05, 0) is 12.6 Å². The second-order valence-corrected chi connectivity index (χ2v) is 3.04. The molecular weight excluding hydrogens is 203 g/mol. The molecule has 1 atom stereocenters. The van der Waals surface area contributed by atoms with E-state index in [4.69, 9.17) is 0 Å². The first-order valence-corrected chi connectivity index (χ1v) is 4.61. The highest BCUT2D eigenvalue weighted by Gasteiger charge is 2.17. The smallest absolute Gasteiger partial charge is 0.194 e. The van der Waals surface area contributed by atoms with E-state index < -0.39 is 23.5 Å². The Bertz CT molecular complexity index is 363. The third kappa shape index (κ3) is 2.39. The van der Waals surface area contributed by atoms with Gasteiger partial charge in [-0.15, -0.1) is 6.58 Å². The van der Waals surface area contributed by atoms with E-state index in [2.05, 4.69) is 11.9 Å². The maximum absolute atomic E-state index is 13.3. The van der Waals surface area contributed by atoms with Crippen LogP contribution in [0.1, 0.15) is 18.5 Å². The minimum Gasteiger partial charge on any atom is -0.307 e. The first-order chi connectivity index (χ1) is 7.11. The molecule has 1 aromatic rings. The van der Waals surface area contributed by atoms with Crippen LogP contribution in [-0.4, -0.2) is 6.54 Å². The summed E-state index contributed by atoms with van der Waals surface area (Å²) in [5, 5.41) is 2.89. The average molecular weight is 215 g/mol. The van der Waals surface area contributed by atoms with Crippen molar-refractivity contribution >= 4 is 0 Å². The number of halogens is 3. The van der Waals surface area contributed by atoms with Crippen molar-refractivity contribution in [2.75, 3.05) is 6.54 Å². The molecule has 0 saturated heterocycles. The Hall–Kier alpha value is -1.29. The van der Waals surface area contributed by atoms with Crippen molar-refractivity contribution in [3.05, 3.63) is 47.8 Å². The van der Waals surface area contributed by atoms with Gasteiger partial charge in [0.05, 0.1) is 6.04 Å². The molecule has 0 amide bonds. The van der Waals surface area contributed by atoms with E-state index >= 15 is 0 Å². The first-order valence-electron chi connectivity index (χ1n) is 4.61. The molecule has 0 aliphatic carbocycles. The first kappa shape index (κ1) is 11.8. The second kappa shape index (κ2) is 4.98. The minimum atomic E-state index is -1.45. The molecule has 1 unspecified atom stereocenters. The Morgan fingerprint density at radius 1 is 1.33 bits per heavy atom. The van der Waals surface area contributed by atoms with Crippen molar-refractivity contribution in [1.29, 1.82) is 0 Å². The zero-order chi connectivity index (χ0) is 11.4. The van der Waals surface area contributed by atoms with Crippen LogP contribution in [0.2, 0.25) is 0 Å². The Balaban J connectivity index is 3.13. The molecule has 0 bridgehead atoms. The summed E-state index contributed by atoms with van der Waals surface area (Å²) >= 11 is 0. The number of hydrogen-bond donors (Lipinski definition) is 1. The van der Waals surface area contributed by atoms with Crippen LogP contribution in [0.15, 0.2) is 24.8 Å². The standard InChI is InChI=1S/C11H12F3N/c1-3-9(15-4-2)7-5-6-8(12)11(14)10(7)13/h3,5-6,9,15H,1,4H2,2H3. The quantitative estimate of drug-likeness (QED) is 0.601. The van der Waals surface area contributed by atoms with E-state index in [0.717, 1.165) is 6.07 Å². The van der Waals surface area contributed by atoms with Gasteiger partial charge in [-0.2, -0.15) is 0 Å². The normalized spacial score (nSPS) is 12.5. The van der Waals surface area contributed by atoms with Gasteiger partial charge in [-0.3, -0.25) is 0 Å². The highest BCUT2D eigenvalue weighted by molar-refractivity contribution is 5.26. The van der Waals surface area contributed by atoms with Crippen LogP contribution < -0.4 is 5.32 Å². The highest BCUT2D eigenvalue weighted by Crippen LogP contribution is 2.21. The molecule has 1 rings (SSSR count). The summed E-state index contributed by atoms with van der Waals surface area (Å²) in [6.45, 7) is 5.91. The fraction of sp³-hybridized carbons (Fsp3) is 0.273. The summed E-state index contributed by atoms with van der Waals surface area (Å²) in [5.74, 6) is -3.80. The molecule has 0 aliphatic heterocycles. The number of nitrogens with one attached hydrogen (secondary N) is 1. The molecule has 4 heteroatoms. The largest absolute Gasteiger partial charge is 0.307 e. The van der Waals surface area contributed by atoms with Crippen LogP contribution in [0, 0.1) is 17.5 Å². The van der Waals surface area contributed by atoms with Gasteiger partial charge in [0.15, 0.2) is 17.5 Å². The molecule has 1 N–H and O–H groups in total. The fourth-order valence-electron chi connectivity index (χ4n) is 1.32. The lowest BCUT2D eigenvalue weighted by Crippen LogP contribution is -2.20. The molecule has 0 radical (unpaired) electrons. The Labute approximate surface area is 86.6 Å². The topological polar surface area (TPSA) is 12.0 Å². The van der Waals surface area contributed by atoms with Crippen molar-refractivity contribution in [2.24, 2.45) is 0 Å². The molecule has 1 nitrogen and oxygen atoms in total. The van der Waals surface area contributed by atoms with E-state index in [-0.39, 0.29) is 5.56 Å².